The topological polar surface area (TPSA) is 37.4 Å². The maximum atomic E-state index is 13.0. The van der Waals surface area contributed by atoms with Crippen LogP contribution in [0, 0.1) is 5.41 Å². The molecule has 1 aliphatic carbocycles. The molecule has 0 aliphatic heterocycles. The van der Waals surface area contributed by atoms with Crippen molar-refractivity contribution in [3.63, 3.8) is 0 Å². The van der Waals surface area contributed by atoms with Crippen molar-refractivity contribution in [3.8, 4) is 0 Å². The summed E-state index contributed by atoms with van der Waals surface area (Å²) in [4.78, 5) is 0.417. The van der Waals surface area contributed by atoms with Gasteiger partial charge in [-0.3, -0.25) is 0 Å². The van der Waals surface area contributed by atoms with Gasteiger partial charge < -0.3 is 0 Å². The minimum Gasteiger partial charge on any atom is -0.207 e. The van der Waals surface area contributed by atoms with E-state index in [1.54, 1.807) is 28.6 Å². The number of hydrogen-bond donors (Lipinski definition) is 0. The van der Waals surface area contributed by atoms with E-state index in [-0.39, 0.29) is 11.5 Å². The predicted octanol–water partition coefficient (Wildman–Crippen LogP) is 4.06. The molecule has 118 valence electrons. The van der Waals surface area contributed by atoms with Gasteiger partial charge in [-0.25, -0.2) is 8.42 Å². The molecule has 2 rings (SSSR count). The average Bonchev–Trinajstić information content (AvgIpc) is 2.46. The molecule has 0 radical (unpaired) electrons. The fourth-order valence-corrected chi connectivity index (χ4v) is 4.91. The Kier molecular flexibility index (Phi) is 5.10. The van der Waals surface area contributed by atoms with E-state index in [1.165, 1.54) is 6.42 Å². The lowest BCUT2D eigenvalue weighted by molar-refractivity contribution is 0.197. The van der Waals surface area contributed by atoms with Crippen LogP contribution >= 0.6 is 0 Å². The fourth-order valence-electron chi connectivity index (χ4n) is 2.97. The van der Waals surface area contributed by atoms with Gasteiger partial charge in [0.15, 0.2) is 0 Å². The molecular formula is C17H27NO2S. The Balaban J connectivity index is 2.34. The van der Waals surface area contributed by atoms with Gasteiger partial charge in [-0.05, 0) is 30.4 Å². The zero-order valence-electron chi connectivity index (χ0n) is 13.4. The van der Waals surface area contributed by atoms with Crippen molar-refractivity contribution in [3.05, 3.63) is 30.3 Å². The Morgan fingerprint density at radius 3 is 2.14 bits per heavy atom. The lowest BCUT2D eigenvalue weighted by Gasteiger charge is -2.37. The molecule has 0 bridgehead atoms. The van der Waals surface area contributed by atoms with Crippen LogP contribution in [0.2, 0.25) is 0 Å². The third kappa shape index (κ3) is 4.30. The Morgan fingerprint density at radius 2 is 1.62 bits per heavy atom. The van der Waals surface area contributed by atoms with Crippen LogP contribution in [0.4, 0.5) is 0 Å². The van der Waals surface area contributed by atoms with Gasteiger partial charge in [0.05, 0.1) is 4.90 Å². The maximum Gasteiger partial charge on any atom is 0.243 e. The first-order chi connectivity index (χ1) is 9.81. The highest BCUT2D eigenvalue weighted by Crippen LogP contribution is 2.30. The second-order valence-corrected chi connectivity index (χ2v) is 9.11. The molecule has 0 unspecified atom stereocenters. The number of nitrogens with zero attached hydrogens (tertiary/aromatic N) is 1. The summed E-state index contributed by atoms with van der Waals surface area (Å²) in [6, 6.07) is 9.00. The molecule has 0 aromatic heterocycles. The standard InChI is InChI=1S/C17H27NO2S/c1-17(2,3)14-18(15-10-6-4-7-11-15)21(19,20)16-12-8-5-9-13-16/h5,8-9,12-13,15H,4,6-7,10-11,14H2,1-3H3. The van der Waals surface area contributed by atoms with Crippen molar-refractivity contribution < 1.29 is 8.42 Å². The molecule has 0 spiro atoms. The van der Waals surface area contributed by atoms with Gasteiger partial charge in [-0.15, -0.1) is 0 Å². The summed E-state index contributed by atoms with van der Waals surface area (Å²) in [5, 5.41) is 0. The first-order valence-corrected chi connectivity index (χ1v) is 9.32. The zero-order chi connectivity index (χ0) is 15.5. The van der Waals surface area contributed by atoms with E-state index in [4.69, 9.17) is 0 Å². The quantitative estimate of drug-likeness (QED) is 0.841. The van der Waals surface area contributed by atoms with Crippen LogP contribution in [0.15, 0.2) is 35.2 Å². The molecule has 0 saturated heterocycles. The molecule has 0 heterocycles. The van der Waals surface area contributed by atoms with Crippen molar-refractivity contribution in [2.75, 3.05) is 6.54 Å². The van der Waals surface area contributed by atoms with Crippen LogP contribution in [0.3, 0.4) is 0 Å². The van der Waals surface area contributed by atoms with Crippen molar-refractivity contribution in [2.45, 2.75) is 63.8 Å². The van der Waals surface area contributed by atoms with Crippen molar-refractivity contribution in [1.29, 1.82) is 0 Å². The zero-order valence-corrected chi connectivity index (χ0v) is 14.2. The monoisotopic (exact) mass is 309 g/mol. The highest BCUT2D eigenvalue weighted by atomic mass is 32.2. The maximum absolute atomic E-state index is 13.0. The van der Waals surface area contributed by atoms with E-state index in [1.807, 2.05) is 6.07 Å². The van der Waals surface area contributed by atoms with E-state index < -0.39 is 10.0 Å². The molecule has 0 atom stereocenters. The van der Waals surface area contributed by atoms with Crippen LogP contribution in [-0.2, 0) is 10.0 Å². The number of benzene rings is 1. The SMILES string of the molecule is CC(C)(C)CN(C1CCCCC1)S(=O)(=O)c1ccccc1. The summed E-state index contributed by atoms with van der Waals surface area (Å²) in [5.74, 6) is 0. The van der Waals surface area contributed by atoms with E-state index in [9.17, 15) is 8.42 Å². The van der Waals surface area contributed by atoms with Gasteiger partial charge in [-0.1, -0.05) is 58.2 Å². The molecule has 3 nitrogen and oxygen atoms in total. The summed E-state index contributed by atoms with van der Waals surface area (Å²) in [6.07, 6.45) is 5.47. The molecule has 1 fully saturated rings. The molecule has 1 aromatic rings. The Morgan fingerprint density at radius 1 is 1.05 bits per heavy atom. The molecule has 4 heteroatoms. The summed E-state index contributed by atoms with van der Waals surface area (Å²) in [5.41, 5.74) is -0.0424. The van der Waals surface area contributed by atoms with E-state index in [2.05, 4.69) is 20.8 Å². The Labute approximate surface area is 129 Å². The van der Waals surface area contributed by atoms with E-state index >= 15 is 0 Å². The predicted molar refractivity (Wildman–Crippen MR) is 86.7 cm³/mol. The highest BCUT2D eigenvalue weighted by Gasteiger charge is 2.34. The largest absolute Gasteiger partial charge is 0.243 e. The van der Waals surface area contributed by atoms with Gasteiger partial charge in [-0.2, -0.15) is 4.31 Å². The first-order valence-electron chi connectivity index (χ1n) is 7.88. The summed E-state index contributed by atoms with van der Waals surface area (Å²) >= 11 is 0. The lowest BCUT2D eigenvalue weighted by Crippen LogP contribution is -2.45. The molecule has 21 heavy (non-hydrogen) atoms. The minimum absolute atomic E-state index is 0.0424. The van der Waals surface area contributed by atoms with Crippen LogP contribution < -0.4 is 0 Å². The second-order valence-electron chi connectivity index (χ2n) is 7.22. The molecule has 0 amide bonds. The van der Waals surface area contributed by atoms with Crippen LogP contribution in [-0.4, -0.2) is 25.3 Å². The van der Waals surface area contributed by atoms with Gasteiger partial charge in [0.2, 0.25) is 10.0 Å². The second kappa shape index (κ2) is 6.49. The Bertz CT molecular complexity index is 540. The number of rotatable bonds is 4. The summed E-state index contributed by atoms with van der Waals surface area (Å²) in [7, 11) is -3.40. The average molecular weight is 309 g/mol. The molecule has 0 N–H and O–H groups in total. The normalized spacial score (nSPS) is 18.1. The van der Waals surface area contributed by atoms with E-state index in [0.717, 1.165) is 25.7 Å². The van der Waals surface area contributed by atoms with Gasteiger partial charge >= 0.3 is 0 Å². The molecule has 1 aromatic carbocycles. The van der Waals surface area contributed by atoms with Gasteiger partial charge in [0.1, 0.15) is 0 Å². The molecular weight excluding hydrogens is 282 g/mol. The number of hydrogen-bond acceptors (Lipinski definition) is 2. The minimum atomic E-state index is -3.40. The fraction of sp³-hybridized carbons (Fsp3) is 0.647. The lowest BCUT2D eigenvalue weighted by atomic mass is 9.92. The van der Waals surface area contributed by atoms with Crippen LogP contribution in [0.25, 0.3) is 0 Å². The van der Waals surface area contributed by atoms with Crippen molar-refractivity contribution >= 4 is 10.0 Å². The van der Waals surface area contributed by atoms with Crippen molar-refractivity contribution in [1.82, 2.24) is 4.31 Å². The Hall–Kier alpha value is -0.870. The first kappa shape index (κ1) is 16.5. The third-order valence-electron chi connectivity index (χ3n) is 3.96. The van der Waals surface area contributed by atoms with Gasteiger partial charge in [0.25, 0.3) is 0 Å². The van der Waals surface area contributed by atoms with Crippen LogP contribution in [0.1, 0.15) is 52.9 Å². The van der Waals surface area contributed by atoms with Gasteiger partial charge in [0, 0.05) is 12.6 Å². The van der Waals surface area contributed by atoms with Crippen LogP contribution in [0.5, 0.6) is 0 Å². The van der Waals surface area contributed by atoms with E-state index in [0.29, 0.717) is 11.4 Å². The molecule has 1 saturated carbocycles. The van der Waals surface area contributed by atoms with Crippen molar-refractivity contribution in [2.24, 2.45) is 5.41 Å². The third-order valence-corrected chi connectivity index (χ3v) is 5.87. The summed E-state index contributed by atoms with van der Waals surface area (Å²) in [6.45, 7) is 6.88. The molecule has 1 aliphatic rings. The summed E-state index contributed by atoms with van der Waals surface area (Å²) < 4.78 is 27.8. The number of sulfonamides is 1. The highest BCUT2D eigenvalue weighted by molar-refractivity contribution is 7.89. The smallest absolute Gasteiger partial charge is 0.207 e.